The molecular formula is C32H30N2. The minimum Gasteiger partial charge on any atom is -0.227 e. The molecule has 0 atom stereocenters. The summed E-state index contributed by atoms with van der Waals surface area (Å²) in [7, 11) is 0. The van der Waals surface area contributed by atoms with Gasteiger partial charge in [-0.1, -0.05) is 138 Å². The van der Waals surface area contributed by atoms with Gasteiger partial charge >= 0.3 is 0 Å². The quantitative estimate of drug-likeness (QED) is 0.281. The van der Waals surface area contributed by atoms with E-state index in [-0.39, 0.29) is 0 Å². The van der Waals surface area contributed by atoms with E-state index in [9.17, 15) is 0 Å². The Bertz CT molecular complexity index is 1230. The van der Waals surface area contributed by atoms with Crippen LogP contribution in [-0.4, -0.2) is 11.5 Å². The van der Waals surface area contributed by atoms with Crippen LogP contribution < -0.4 is 0 Å². The summed E-state index contributed by atoms with van der Waals surface area (Å²) in [6.45, 7) is 6.10. The minimum absolute atomic E-state index is 0.725. The lowest BCUT2D eigenvalue weighted by Gasteiger charge is -2.03. The molecule has 0 saturated heterocycles. The largest absolute Gasteiger partial charge is 0.227 e. The van der Waals surface area contributed by atoms with Gasteiger partial charge in [-0.3, -0.25) is 0 Å². The molecule has 2 heteroatoms. The molecule has 0 saturated carbocycles. The second kappa shape index (κ2) is 13.3. The van der Waals surface area contributed by atoms with E-state index in [1.54, 1.807) is 0 Å². The Balaban J connectivity index is 0.000000188. The standard InChI is InChI=1S/C18H14N2.2C7H8/c1-14-12-13-17(15-8-4-2-5-9-15)20-18(19-14)16-10-6-3-7-11-16;2*1-7-5-3-2-4-6-7/h2-11,13H,1H3;2*2-6H,1H3. The van der Waals surface area contributed by atoms with Gasteiger partial charge in [-0.15, -0.1) is 0 Å². The molecule has 1 aliphatic heterocycles. The SMILES string of the molecule is CC1=C=CC(c2ccccc2)=NC(c2ccccc2)=N1.Cc1ccccc1.Cc1ccccc1. The summed E-state index contributed by atoms with van der Waals surface area (Å²) in [5.41, 5.74) is 9.60. The van der Waals surface area contributed by atoms with Gasteiger partial charge in [0.1, 0.15) is 0 Å². The van der Waals surface area contributed by atoms with Gasteiger partial charge in [0, 0.05) is 17.2 Å². The van der Waals surface area contributed by atoms with Gasteiger partial charge in [-0.2, -0.15) is 0 Å². The lowest BCUT2D eigenvalue weighted by Crippen LogP contribution is -2.03. The van der Waals surface area contributed by atoms with E-state index in [0.29, 0.717) is 0 Å². The predicted octanol–water partition coefficient (Wildman–Crippen LogP) is 7.99. The van der Waals surface area contributed by atoms with Crippen LogP contribution in [-0.2, 0) is 0 Å². The third-order valence-electron chi connectivity index (χ3n) is 4.90. The topological polar surface area (TPSA) is 24.7 Å². The zero-order valence-corrected chi connectivity index (χ0v) is 20.0. The van der Waals surface area contributed by atoms with Crippen LogP contribution in [0.1, 0.15) is 29.2 Å². The Morgan fingerprint density at radius 3 is 1.29 bits per heavy atom. The highest BCUT2D eigenvalue weighted by atomic mass is 14.9. The molecule has 34 heavy (non-hydrogen) atoms. The molecule has 0 radical (unpaired) electrons. The zero-order chi connectivity index (χ0) is 24.0. The predicted molar refractivity (Wildman–Crippen MR) is 146 cm³/mol. The van der Waals surface area contributed by atoms with E-state index in [4.69, 9.17) is 4.99 Å². The molecule has 4 aromatic rings. The summed E-state index contributed by atoms with van der Waals surface area (Å²) in [4.78, 5) is 9.22. The average Bonchev–Trinajstić information content (AvgIpc) is 3.09. The van der Waals surface area contributed by atoms with Gasteiger partial charge in [0.15, 0.2) is 5.84 Å². The average molecular weight is 443 g/mol. The Morgan fingerprint density at radius 1 is 0.471 bits per heavy atom. The summed E-state index contributed by atoms with van der Waals surface area (Å²) >= 11 is 0. The Labute approximate surface area is 203 Å². The van der Waals surface area contributed by atoms with Gasteiger partial charge in [0.2, 0.25) is 0 Å². The number of aliphatic imine (C=N–C) groups is 2. The van der Waals surface area contributed by atoms with Gasteiger partial charge < -0.3 is 0 Å². The molecule has 0 bridgehead atoms. The fourth-order valence-electron chi connectivity index (χ4n) is 3.08. The second-order valence-corrected chi connectivity index (χ2v) is 7.85. The van der Waals surface area contributed by atoms with Crippen LogP contribution in [0.5, 0.6) is 0 Å². The molecular weight excluding hydrogens is 412 g/mol. The fraction of sp³-hybridized carbons (Fsp3) is 0.0938. The summed E-state index contributed by atoms with van der Waals surface area (Å²) in [5, 5.41) is 0. The lowest BCUT2D eigenvalue weighted by atomic mass is 10.1. The second-order valence-electron chi connectivity index (χ2n) is 7.85. The molecule has 4 aromatic carbocycles. The van der Waals surface area contributed by atoms with Crippen LogP contribution in [0.15, 0.2) is 149 Å². The van der Waals surface area contributed by atoms with E-state index < -0.39 is 0 Å². The molecule has 0 aromatic heterocycles. The zero-order valence-electron chi connectivity index (χ0n) is 20.0. The molecule has 0 unspecified atom stereocenters. The van der Waals surface area contributed by atoms with Gasteiger partial charge in [0.05, 0.1) is 11.4 Å². The van der Waals surface area contributed by atoms with Gasteiger partial charge in [-0.25, -0.2) is 9.98 Å². The molecule has 0 fully saturated rings. The monoisotopic (exact) mass is 442 g/mol. The molecule has 0 N–H and O–H groups in total. The molecule has 1 heterocycles. The number of amidine groups is 1. The van der Waals surface area contributed by atoms with Crippen molar-refractivity contribution in [3.63, 3.8) is 0 Å². The van der Waals surface area contributed by atoms with Crippen molar-refractivity contribution in [1.82, 2.24) is 0 Å². The van der Waals surface area contributed by atoms with Crippen LogP contribution in [0.25, 0.3) is 0 Å². The summed E-state index contributed by atoms with van der Waals surface area (Å²) in [6.07, 6.45) is 1.89. The van der Waals surface area contributed by atoms with Crippen molar-refractivity contribution < 1.29 is 0 Å². The van der Waals surface area contributed by atoms with Crippen LogP contribution in [0, 0.1) is 13.8 Å². The first-order chi connectivity index (χ1) is 16.6. The van der Waals surface area contributed by atoms with Crippen LogP contribution in [0.2, 0.25) is 0 Å². The third-order valence-corrected chi connectivity index (χ3v) is 4.90. The summed E-state index contributed by atoms with van der Waals surface area (Å²) < 4.78 is 0. The first-order valence-electron chi connectivity index (χ1n) is 11.4. The maximum atomic E-state index is 4.69. The third kappa shape index (κ3) is 8.35. The highest BCUT2D eigenvalue weighted by Crippen LogP contribution is 2.12. The maximum absolute atomic E-state index is 4.69. The molecule has 2 nitrogen and oxygen atoms in total. The Morgan fingerprint density at radius 2 is 0.882 bits per heavy atom. The van der Waals surface area contributed by atoms with E-state index >= 15 is 0 Å². The van der Waals surface area contributed by atoms with Crippen molar-refractivity contribution >= 4 is 11.5 Å². The normalized spacial score (nSPS) is 11.9. The highest BCUT2D eigenvalue weighted by molar-refractivity contribution is 6.17. The van der Waals surface area contributed by atoms with Crippen molar-refractivity contribution in [1.29, 1.82) is 0 Å². The van der Waals surface area contributed by atoms with Crippen molar-refractivity contribution in [2.24, 2.45) is 9.98 Å². The van der Waals surface area contributed by atoms with Crippen molar-refractivity contribution in [3.05, 3.63) is 161 Å². The maximum Gasteiger partial charge on any atom is 0.160 e. The van der Waals surface area contributed by atoms with Gasteiger partial charge in [-0.05, 0) is 20.8 Å². The van der Waals surface area contributed by atoms with Crippen molar-refractivity contribution in [2.75, 3.05) is 0 Å². The van der Waals surface area contributed by atoms with Crippen molar-refractivity contribution in [3.8, 4) is 0 Å². The van der Waals surface area contributed by atoms with Crippen LogP contribution >= 0.6 is 0 Å². The number of allylic oxidation sites excluding steroid dienone is 1. The number of hydrogen-bond donors (Lipinski definition) is 0. The smallest absolute Gasteiger partial charge is 0.160 e. The first kappa shape index (κ1) is 24.4. The Kier molecular flexibility index (Phi) is 9.56. The van der Waals surface area contributed by atoms with Crippen LogP contribution in [0.3, 0.4) is 0 Å². The van der Waals surface area contributed by atoms with E-state index in [1.165, 1.54) is 11.1 Å². The first-order valence-corrected chi connectivity index (χ1v) is 11.4. The van der Waals surface area contributed by atoms with Gasteiger partial charge in [0.25, 0.3) is 0 Å². The number of nitrogens with zero attached hydrogens (tertiary/aromatic N) is 2. The van der Waals surface area contributed by atoms with Crippen molar-refractivity contribution in [2.45, 2.75) is 20.8 Å². The highest BCUT2D eigenvalue weighted by Gasteiger charge is 2.07. The van der Waals surface area contributed by atoms with E-state index in [1.807, 2.05) is 110 Å². The van der Waals surface area contributed by atoms with Crippen LogP contribution in [0.4, 0.5) is 0 Å². The minimum atomic E-state index is 0.725. The molecule has 1 aliphatic rings. The Hall–Kier alpha value is -4.26. The number of rotatable bonds is 2. The summed E-state index contributed by atoms with van der Waals surface area (Å²) in [6, 6.07) is 40.6. The molecule has 0 amide bonds. The fourth-order valence-corrected chi connectivity index (χ4v) is 3.08. The van der Waals surface area contributed by atoms with E-state index in [0.717, 1.165) is 28.4 Å². The number of aryl methyl sites for hydroxylation is 2. The molecule has 0 aliphatic carbocycles. The lowest BCUT2D eigenvalue weighted by molar-refractivity contribution is 1.30. The van der Waals surface area contributed by atoms with E-state index in [2.05, 4.69) is 48.8 Å². The molecule has 0 spiro atoms. The number of hydrogen-bond acceptors (Lipinski definition) is 2. The molecule has 168 valence electrons. The molecule has 5 rings (SSSR count). The number of benzene rings is 4. The summed E-state index contributed by atoms with van der Waals surface area (Å²) in [5.74, 6) is 0.725.